The molecule has 0 heterocycles. The Morgan fingerprint density at radius 3 is 2.48 bits per heavy atom. The monoisotopic (exact) mass is 292 g/mol. The van der Waals surface area contributed by atoms with Gasteiger partial charge in [0.1, 0.15) is 0 Å². The Balaban J connectivity index is 2.26. The number of aliphatic hydroxyl groups is 1. The van der Waals surface area contributed by atoms with Crippen LogP contribution >= 0.6 is 0 Å². The van der Waals surface area contributed by atoms with Crippen molar-refractivity contribution in [2.45, 2.75) is 85.2 Å². The van der Waals surface area contributed by atoms with E-state index in [0.29, 0.717) is 22.7 Å². The third-order valence-corrected chi connectivity index (χ3v) is 7.07. The molecule has 2 aliphatic rings. The zero-order valence-corrected chi connectivity index (χ0v) is 14.9. The molecule has 0 amide bonds. The highest BCUT2D eigenvalue weighted by atomic mass is 16.3. The molecular formula is C20H36O. The lowest BCUT2D eigenvalue weighted by atomic mass is 9.45. The second kappa shape index (κ2) is 5.72. The topological polar surface area (TPSA) is 20.2 Å². The molecule has 0 radical (unpaired) electrons. The maximum Gasteiger partial charge on any atom is 0.0653 e. The summed E-state index contributed by atoms with van der Waals surface area (Å²) in [5, 5.41) is 11.1. The van der Waals surface area contributed by atoms with Crippen LogP contribution in [-0.4, -0.2) is 10.7 Å². The molecular weight excluding hydrogens is 256 g/mol. The zero-order chi connectivity index (χ0) is 15.9. The first-order chi connectivity index (χ1) is 9.63. The van der Waals surface area contributed by atoms with Gasteiger partial charge < -0.3 is 5.11 Å². The molecule has 122 valence electrons. The number of fused-ring (bicyclic) bond motifs is 1. The van der Waals surface area contributed by atoms with Crippen molar-refractivity contribution in [3.05, 3.63) is 12.7 Å². The van der Waals surface area contributed by atoms with Gasteiger partial charge in [-0.25, -0.2) is 0 Å². The summed E-state index contributed by atoms with van der Waals surface area (Å²) in [4.78, 5) is 0. The minimum absolute atomic E-state index is 0.310. The maximum absolute atomic E-state index is 11.1. The zero-order valence-electron chi connectivity index (χ0n) is 14.9. The average molecular weight is 293 g/mol. The Hall–Kier alpha value is -0.300. The highest BCUT2D eigenvalue weighted by Gasteiger charge is 2.57. The van der Waals surface area contributed by atoms with Crippen LogP contribution in [0.4, 0.5) is 0 Å². The Labute approximate surface area is 132 Å². The van der Waals surface area contributed by atoms with Crippen molar-refractivity contribution in [1.82, 2.24) is 0 Å². The Bertz CT molecular complexity index is 381. The fourth-order valence-electron chi connectivity index (χ4n) is 5.81. The van der Waals surface area contributed by atoms with Crippen LogP contribution in [0.25, 0.3) is 0 Å². The van der Waals surface area contributed by atoms with Gasteiger partial charge in [0.05, 0.1) is 5.60 Å². The molecule has 5 atom stereocenters. The molecule has 1 unspecified atom stereocenters. The predicted molar refractivity (Wildman–Crippen MR) is 91.2 cm³/mol. The second-order valence-electron chi connectivity index (χ2n) is 9.14. The summed E-state index contributed by atoms with van der Waals surface area (Å²) in [7, 11) is 0. The standard InChI is InChI=1S/C20H36O/c1-7-15(2)9-10-17-19(5)13-8-12-18(3,4)16(19)11-14-20(17,6)21/h7,15-17,21H,1,8-14H2,2-6H3/t15?,16-,17+,19-,20-/m0/s1. The van der Waals surface area contributed by atoms with Crippen LogP contribution in [0.2, 0.25) is 0 Å². The summed E-state index contributed by atoms with van der Waals surface area (Å²) >= 11 is 0. The maximum atomic E-state index is 11.1. The van der Waals surface area contributed by atoms with Crippen LogP contribution in [0.3, 0.4) is 0 Å². The van der Waals surface area contributed by atoms with Gasteiger partial charge >= 0.3 is 0 Å². The summed E-state index contributed by atoms with van der Waals surface area (Å²) in [5.74, 6) is 1.76. The predicted octanol–water partition coefficient (Wildman–Crippen LogP) is 5.58. The molecule has 0 aromatic heterocycles. The minimum Gasteiger partial charge on any atom is -0.390 e. The third-order valence-electron chi connectivity index (χ3n) is 7.07. The van der Waals surface area contributed by atoms with Gasteiger partial charge in [0.2, 0.25) is 0 Å². The van der Waals surface area contributed by atoms with E-state index < -0.39 is 5.60 Å². The number of hydrogen-bond donors (Lipinski definition) is 1. The molecule has 0 aromatic rings. The highest BCUT2D eigenvalue weighted by Crippen LogP contribution is 2.62. The van der Waals surface area contributed by atoms with E-state index in [9.17, 15) is 5.11 Å². The molecule has 0 aromatic carbocycles. The van der Waals surface area contributed by atoms with Gasteiger partial charge in [0, 0.05) is 0 Å². The van der Waals surface area contributed by atoms with E-state index in [0.717, 1.165) is 25.2 Å². The molecule has 1 N–H and O–H groups in total. The molecule has 2 aliphatic carbocycles. The summed E-state index contributed by atoms with van der Waals surface area (Å²) in [6.45, 7) is 15.7. The van der Waals surface area contributed by atoms with Crippen molar-refractivity contribution in [3.8, 4) is 0 Å². The summed E-state index contributed by atoms with van der Waals surface area (Å²) in [6, 6.07) is 0. The van der Waals surface area contributed by atoms with Crippen molar-refractivity contribution >= 4 is 0 Å². The molecule has 1 nitrogen and oxygen atoms in total. The van der Waals surface area contributed by atoms with Gasteiger partial charge in [0.25, 0.3) is 0 Å². The van der Waals surface area contributed by atoms with Crippen molar-refractivity contribution in [2.75, 3.05) is 0 Å². The first-order valence-corrected chi connectivity index (χ1v) is 8.98. The SMILES string of the molecule is C=CC(C)CC[C@@H]1[C@@]2(C)CCCC(C)(C)[C@@H]2CC[C@]1(C)O. The van der Waals surface area contributed by atoms with E-state index in [1.165, 1.54) is 25.7 Å². The smallest absolute Gasteiger partial charge is 0.0653 e. The van der Waals surface area contributed by atoms with Crippen LogP contribution < -0.4 is 0 Å². The molecule has 21 heavy (non-hydrogen) atoms. The molecule has 2 rings (SSSR count). The lowest BCUT2D eigenvalue weighted by molar-refractivity contribution is -0.169. The van der Waals surface area contributed by atoms with Gasteiger partial charge in [-0.05, 0) is 74.0 Å². The van der Waals surface area contributed by atoms with E-state index in [4.69, 9.17) is 0 Å². The fourth-order valence-corrected chi connectivity index (χ4v) is 5.81. The fraction of sp³-hybridized carbons (Fsp3) is 0.900. The molecule has 0 saturated heterocycles. The van der Waals surface area contributed by atoms with Crippen LogP contribution in [0.15, 0.2) is 12.7 Å². The second-order valence-corrected chi connectivity index (χ2v) is 9.14. The van der Waals surface area contributed by atoms with Crippen molar-refractivity contribution < 1.29 is 5.11 Å². The molecule has 2 fully saturated rings. The van der Waals surface area contributed by atoms with Gasteiger partial charge in [0.15, 0.2) is 0 Å². The van der Waals surface area contributed by atoms with E-state index in [1.807, 2.05) is 0 Å². The van der Waals surface area contributed by atoms with Gasteiger partial charge in [-0.1, -0.05) is 40.2 Å². The lowest BCUT2D eigenvalue weighted by Crippen LogP contribution is -2.57. The van der Waals surface area contributed by atoms with Gasteiger partial charge in [-0.3, -0.25) is 0 Å². The quantitative estimate of drug-likeness (QED) is 0.670. The van der Waals surface area contributed by atoms with Gasteiger partial charge in [-0.2, -0.15) is 0 Å². The Morgan fingerprint density at radius 2 is 1.86 bits per heavy atom. The molecule has 0 bridgehead atoms. The molecule has 2 saturated carbocycles. The molecule has 1 heteroatoms. The molecule has 0 spiro atoms. The number of allylic oxidation sites excluding steroid dienone is 1. The number of hydrogen-bond acceptors (Lipinski definition) is 1. The van der Waals surface area contributed by atoms with Crippen molar-refractivity contribution in [2.24, 2.45) is 28.6 Å². The van der Waals surface area contributed by atoms with E-state index in [2.05, 4.69) is 47.3 Å². The van der Waals surface area contributed by atoms with E-state index in [1.54, 1.807) is 0 Å². The van der Waals surface area contributed by atoms with Gasteiger partial charge in [-0.15, -0.1) is 6.58 Å². The van der Waals surface area contributed by atoms with E-state index >= 15 is 0 Å². The third kappa shape index (κ3) is 3.09. The minimum atomic E-state index is -0.487. The average Bonchev–Trinajstić information content (AvgIpc) is 2.35. The summed E-state index contributed by atoms with van der Waals surface area (Å²) in [6.07, 6.45) is 10.5. The van der Waals surface area contributed by atoms with Crippen LogP contribution in [-0.2, 0) is 0 Å². The van der Waals surface area contributed by atoms with Crippen LogP contribution in [0, 0.1) is 28.6 Å². The van der Waals surface area contributed by atoms with Crippen molar-refractivity contribution in [1.29, 1.82) is 0 Å². The van der Waals surface area contributed by atoms with E-state index in [-0.39, 0.29) is 0 Å². The highest BCUT2D eigenvalue weighted by molar-refractivity contribution is 5.07. The first kappa shape index (κ1) is 17.1. The largest absolute Gasteiger partial charge is 0.390 e. The summed E-state index contributed by atoms with van der Waals surface area (Å²) in [5.41, 5.74) is 0.260. The summed E-state index contributed by atoms with van der Waals surface area (Å²) < 4.78 is 0. The Kier molecular flexibility index (Phi) is 4.65. The first-order valence-electron chi connectivity index (χ1n) is 8.98. The lowest BCUT2D eigenvalue weighted by Gasteiger charge is -2.61. The van der Waals surface area contributed by atoms with Crippen molar-refractivity contribution in [3.63, 3.8) is 0 Å². The van der Waals surface area contributed by atoms with Crippen LogP contribution in [0.5, 0.6) is 0 Å². The van der Waals surface area contributed by atoms with Crippen LogP contribution in [0.1, 0.15) is 79.6 Å². The normalized spacial score (nSPS) is 43.9. The number of rotatable bonds is 4. The Morgan fingerprint density at radius 1 is 1.19 bits per heavy atom. The molecule has 0 aliphatic heterocycles.